The maximum atomic E-state index is 5.95. The highest BCUT2D eigenvalue weighted by Crippen LogP contribution is 2.20. The van der Waals surface area contributed by atoms with Gasteiger partial charge >= 0.3 is 0 Å². The van der Waals surface area contributed by atoms with Crippen molar-refractivity contribution in [2.24, 2.45) is 0 Å². The molecule has 0 bridgehead atoms. The minimum atomic E-state index is 0.778. The summed E-state index contributed by atoms with van der Waals surface area (Å²) in [6, 6.07) is 16.2. The van der Waals surface area contributed by atoms with Crippen LogP contribution in [0.3, 0.4) is 0 Å². The Kier molecular flexibility index (Phi) is 5.26. The molecule has 5 heteroatoms. The first kappa shape index (κ1) is 16.4. The van der Waals surface area contributed by atoms with E-state index in [0.717, 1.165) is 46.9 Å². The van der Waals surface area contributed by atoms with Crippen molar-refractivity contribution in [2.45, 2.75) is 0 Å². The minimum Gasteiger partial charge on any atom is -0.369 e. The highest BCUT2D eigenvalue weighted by molar-refractivity contribution is 9.10. The van der Waals surface area contributed by atoms with Crippen LogP contribution in [-0.4, -0.2) is 31.2 Å². The summed E-state index contributed by atoms with van der Waals surface area (Å²) in [7, 11) is 0. The number of hydrogen-bond donors (Lipinski definition) is 1. The van der Waals surface area contributed by atoms with E-state index < -0.39 is 0 Å². The van der Waals surface area contributed by atoms with E-state index in [1.54, 1.807) is 0 Å². The van der Waals surface area contributed by atoms with Gasteiger partial charge in [0.05, 0.1) is 0 Å². The molecule has 1 saturated heterocycles. The molecule has 2 aromatic rings. The molecule has 1 aliphatic heterocycles. The van der Waals surface area contributed by atoms with Gasteiger partial charge < -0.3 is 10.3 Å². The second kappa shape index (κ2) is 7.39. The highest BCUT2D eigenvalue weighted by Gasteiger charge is 2.17. The molecule has 120 valence electrons. The Bertz CT molecular complexity index is 662. The summed E-state index contributed by atoms with van der Waals surface area (Å²) in [4.78, 5) is 2.37. The molecule has 0 atom stereocenters. The Hall–Kier alpha value is -1.49. The van der Waals surface area contributed by atoms with Gasteiger partial charge in [-0.2, -0.15) is 0 Å². The van der Waals surface area contributed by atoms with Crippen molar-refractivity contribution < 1.29 is 0 Å². The van der Waals surface area contributed by atoms with E-state index in [-0.39, 0.29) is 0 Å². The van der Waals surface area contributed by atoms with Gasteiger partial charge in [0.25, 0.3) is 0 Å². The van der Waals surface area contributed by atoms with E-state index in [9.17, 15) is 0 Å². The number of hydrazine groups is 1. The van der Waals surface area contributed by atoms with Crippen LogP contribution in [0.25, 0.3) is 5.70 Å². The van der Waals surface area contributed by atoms with E-state index in [1.807, 2.05) is 24.3 Å². The molecule has 2 aromatic carbocycles. The fourth-order valence-electron chi connectivity index (χ4n) is 2.63. The number of piperazine rings is 1. The van der Waals surface area contributed by atoms with Gasteiger partial charge in [-0.25, -0.2) is 5.01 Å². The normalized spacial score (nSPS) is 15.5. The first-order chi connectivity index (χ1) is 11.1. The summed E-state index contributed by atoms with van der Waals surface area (Å²) < 4.78 is 1.07. The summed E-state index contributed by atoms with van der Waals surface area (Å²) in [5.74, 6) is 0. The third kappa shape index (κ3) is 4.28. The number of anilines is 1. The maximum Gasteiger partial charge on any atom is 0.0490 e. The maximum absolute atomic E-state index is 5.95. The Morgan fingerprint density at radius 3 is 2.17 bits per heavy atom. The Balaban J connectivity index is 1.53. The monoisotopic (exact) mass is 391 g/mol. The molecule has 1 heterocycles. The second-order valence-corrected chi connectivity index (χ2v) is 6.90. The van der Waals surface area contributed by atoms with Crippen LogP contribution < -0.4 is 10.3 Å². The summed E-state index contributed by atoms with van der Waals surface area (Å²) in [6.07, 6.45) is 0. The molecule has 1 fully saturated rings. The number of nitrogens with zero attached hydrogens (tertiary/aromatic N) is 2. The van der Waals surface area contributed by atoms with Crippen LogP contribution in [0.4, 0.5) is 5.69 Å². The molecular formula is C18H19BrClN3. The number of nitrogens with one attached hydrogen (secondary N) is 1. The lowest BCUT2D eigenvalue weighted by Crippen LogP contribution is -2.51. The van der Waals surface area contributed by atoms with Gasteiger partial charge in [-0.15, -0.1) is 0 Å². The quantitative estimate of drug-likeness (QED) is 0.832. The Morgan fingerprint density at radius 2 is 1.57 bits per heavy atom. The highest BCUT2D eigenvalue weighted by atomic mass is 79.9. The standard InChI is InChI=1S/C18H19BrClN3/c1-14(15-2-4-16(19)5-3-15)21-23-12-10-22(11-13-23)18-8-6-17(20)7-9-18/h2-9,21H,1,10-13H2. The van der Waals surface area contributed by atoms with Gasteiger partial charge in [0.1, 0.15) is 0 Å². The van der Waals surface area contributed by atoms with Crippen molar-refractivity contribution in [1.82, 2.24) is 10.4 Å². The molecule has 0 unspecified atom stereocenters. The average Bonchev–Trinajstić information content (AvgIpc) is 2.57. The zero-order valence-electron chi connectivity index (χ0n) is 12.8. The van der Waals surface area contributed by atoms with Crippen molar-refractivity contribution in [3.8, 4) is 0 Å². The number of benzene rings is 2. The van der Waals surface area contributed by atoms with Gasteiger partial charge in [0.2, 0.25) is 0 Å². The first-order valence-electron chi connectivity index (χ1n) is 7.59. The van der Waals surface area contributed by atoms with Crippen LogP contribution in [0.5, 0.6) is 0 Å². The average molecular weight is 393 g/mol. The van der Waals surface area contributed by atoms with Crippen molar-refractivity contribution in [2.75, 3.05) is 31.1 Å². The minimum absolute atomic E-state index is 0.778. The number of hydrogen-bond acceptors (Lipinski definition) is 3. The number of halogens is 2. The predicted octanol–water partition coefficient (Wildman–Crippen LogP) is 4.40. The van der Waals surface area contributed by atoms with Crippen molar-refractivity contribution in [3.05, 3.63) is 70.2 Å². The van der Waals surface area contributed by atoms with Crippen LogP contribution in [0.1, 0.15) is 5.56 Å². The molecule has 23 heavy (non-hydrogen) atoms. The molecular weight excluding hydrogens is 374 g/mol. The zero-order valence-corrected chi connectivity index (χ0v) is 15.1. The fraction of sp³-hybridized carbons (Fsp3) is 0.222. The molecule has 1 aliphatic rings. The zero-order chi connectivity index (χ0) is 16.2. The van der Waals surface area contributed by atoms with Crippen LogP contribution in [0.15, 0.2) is 59.6 Å². The van der Waals surface area contributed by atoms with Crippen molar-refractivity contribution >= 4 is 38.9 Å². The topological polar surface area (TPSA) is 18.5 Å². The predicted molar refractivity (Wildman–Crippen MR) is 102 cm³/mol. The SMILES string of the molecule is C=C(NN1CCN(c2ccc(Cl)cc2)CC1)c1ccc(Br)cc1. The van der Waals surface area contributed by atoms with E-state index in [0.29, 0.717) is 0 Å². The molecule has 1 N–H and O–H groups in total. The van der Waals surface area contributed by atoms with Crippen molar-refractivity contribution in [3.63, 3.8) is 0 Å². The molecule has 3 nitrogen and oxygen atoms in total. The summed E-state index contributed by atoms with van der Waals surface area (Å²) in [6.45, 7) is 7.97. The lowest BCUT2D eigenvalue weighted by atomic mass is 10.2. The largest absolute Gasteiger partial charge is 0.369 e. The first-order valence-corrected chi connectivity index (χ1v) is 8.76. The molecule has 0 amide bonds. The molecule has 0 aromatic heterocycles. The van der Waals surface area contributed by atoms with E-state index in [2.05, 4.69) is 62.1 Å². The molecule has 3 rings (SSSR count). The second-order valence-electron chi connectivity index (χ2n) is 5.55. The van der Waals surface area contributed by atoms with Gasteiger partial charge in [0.15, 0.2) is 0 Å². The van der Waals surface area contributed by atoms with Crippen LogP contribution in [-0.2, 0) is 0 Å². The van der Waals surface area contributed by atoms with Crippen molar-refractivity contribution in [1.29, 1.82) is 0 Å². The Morgan fingerprint density at radius 1 is 0.957 bits per heavy atom. The summed E-state index contributed by atoms with van der Waals surface area (Å²) >= 11 is 9.40. The molecule has 0 saturated carbocycles. The van der Waals surface area contributed by atoms with E-state index in [1.165, 1.54) is 5.69 Å². The molecule has 0 spiro atoms. The molecule has 0 aliphatic carbocycles. The third-order valence-corrected chi connectivity index (χ3v) is 4.74. The molecule has 0 radical (unpaired) electrons. The third-order valence-electron chi connectivity index (χ3n) is 3.96. The van der Waals surface area contributed by atoms with Gasteiger partial charge in [-0.3, -0.25) is 0 Å². The van der Waals surface area contributed by atoms with Gasteiger partial charge in [-0.1, -0.05) is 46.2 Å². The van der Waals surface area contributed by atoms with Crippen LogP contribution in [0.2, 0.25) is 5.02 Å². The van der Waals surface area contributed by atoms with Gasteiger partial charge in [0, 0.05) is 47.1 Å². The van der Waals surface area contributed by atoms with Gasteiger partial charge in [-0.05, 0) is 42.0 Å². The smallest absolute Gasteiger partial charge is 0.0490 e. The Labute approximate surface area is 150 Å². The lowest BCUT2D eigenvalue weighted by molar-refractivity contribution is 0.215. The van der Waals surface area contributed by atoms with E-state index in [4.69, 9.17) is 11.6 Å². The lowest BCUT2D eigenvalue weighted by Gasteiger charge is -2.37. The summed E-state index contributed by atoms with van der Waals surface area (Å²) in [5, 5.41) is 3.00. The fourth-order valence-corrected chi connectivity index (χ4v) is 3.03. The van der Waals surface area contributed by atoms with Crippen LogP contribution >= 0.6 is 27.5 Å². The van der Waals surface area contributed by atoms with Crippen LogP contribution in [0, 0.1) is 0 Å². The van der Waals surface area contributed by atoms with E-state index >= 15 is 0 Å². The number of rotatable bonds is 4. The summed E-state index contributed by atoms with van der Waals surface area (Å²) in [5.41, 5.74) is 6.67.